The van der Waals surface area contributed by atoms with Crippen LogP contribution in [-0.2, 0) is 13.2 Å². The highest BCUT2D eigenvalue weighted by Crippen LogP contribution is 2.24. The van der Waals surface area contributed by atoms with E-state index in [4.69, 9.17) is 4.74 Å². The first-order chi connectivity index (χ1) is 9.70. The Kier molecular flexibility index (Phi) is 4.38. The van der Waals surface area contributed by atoms with E-state index in [1.165, 1.54) is 23.8 Å². The SMILES string of the molecule is Fc1cc(OCc2ccc(CNC3CC3)s2)ccc1Br. The van der Waals surface area contributed by atoms with Crippen molar-refractivity contribution in [3.8, 4) is 5.75 Å². The van der Waals surface area contributed by atoms with Crippen molar-refractivity contribution in [2.75, 3.05) is 0 Å². The maximum atomic E-state index is 13.4. The van der Waals surface area contributed by atoms with Crippen LogP contribution >= 0.6 is 27.3 Å². The van der Waals surface area contributed by atoms with Gasteiger partial charge in [0, 0.05) is 28.4 Å². The Bertz CT molecular complexity index is 597. The van der Waals surface area contributed by atoms with E-state index >= 15 is 0 Å². The number of rotatable bonds is 6. The molecule has 2 aromatic rings. The fourth-order valence-electron chi connectivity index (χ4n) is 1.85. The highest BCUT2D eigenvalue weighted by atomic mass is 79.9. The lowest BCUT2D eigenvalue weighted by molar-refractivity contribution is 0.308. The monoisotopic (exact) mass is 355 g/mol. The average molecular weight is 356 g/mol. The fraction of sp³-hybridized carbons (Fsp3) is 0.333. The molecule has 1 aliphatic carbocycles. The number of nitrogens with one attached hydrogen (secondary N) is 1. The Morgan fingerprint density at radius 2 is 2.05 bits per heavy atom. The first-order valence-electron chi connectivity index (χ1n) is 6.59. The Morgan fingerprint density at radius 1 is 1.25 bits per heavy atom. The minimum absolute atomic E-state index is 0.303. The summed E-state index contributed by atoms with van der Waals surface area (Å²) >= 11 is 4.87. The predicted octanol–water partition coefficient (Wildman–Crippen LogP) is 4.48. The highest BCUT2D eigenvalue weighted by molar-refractivity contribution is 9.10. The average Bonchev–Trinajstić information content (AvgIpc) is 3.16. The second kappa shape index (κ2) is 6.24. The van der Waals surface area contributed by atoms with Gasteiger partial charge in [0.05, 0.1) is 4.47 Å². The lowest BCUT2D eigenvalue weighted by Crippen LogP contribution is -2.14. The van der Waals surface area contributed by atoms with Gasteiger partial charge in [-0.25, -0.2) is 4.39 Å². The normalized spacial score (nSPS) is 14.5. The van der Waals surface area contributed by atoms with E-state index in [0.717, 1.165) is 17.5 Å². The summed E-state index contributed by atoms with van der Waals surface area (Å²) in [5.41, 5.74) is 0. The van der Waals surface area contributed by atoms with Gasteiger partial charge >= 0.3 is 0 Å². The van der Waals surface area contributed by atoms with Crippen LogP contribution in [0.5, 0.6) is 5.75 Å². The second-order valence-electron chi connectivity index (χ2n) is 4.89. The second-order valence-corrected chi connectivity index (χ2v) is 7.00. The highest BCUT2D eigenvalue weighted by Gasteiger charge is 2.20. The molecule has 0 spiro atoms. The molecular formula is C15H15BrFNOS. The van der Waals surface area contributed by atoms with Gasteiger partial charge in [0.25, 0.3) is 0 Å². The number of hydrogen-bond donors (Lipinski definition) is 1. The van der Waals surface area contributed by atoms with Crippen LogP contribution in [0.2, 0.25) is 0 Å². The molecule has 1 N–H and O–H groups in total. The standard InChI is InChI=1S/C15H15BrFNOS/c16-14-6-3-11(7-15(14)17)19-9-13-5-4-12(20-13)8-18-10-1-2-10/h3-7,10,18H,1-2,8-9H2. The zero-order valence-electron chi connectivity index (χ0n) is 10.9. The molecule has 20 heavy (non-hydrogen) atoms. The summed E-state index contributed by atoms with van der Waals surface area (Å²) in [5, 5.41) is 3.49. The van der Waals surface area contributed by atoms with Crippen LogP contribution in [-0.4, -0.2) is 6.04 Å². The van der Waals surface area contributed by atoms with E-state index in [1.54, 1.807) is 23.5 Å². The van der Waals surface area contributed by atoms with Crippen molar-refractivity contribution in [3.63, 3.8) is 0 Å². The molecule has 0 bridgehead atoms. The molecule has 1 heterocycles. The fourth-order valence-corrected chi connectivity index (χ4v) is 2.98. The third-order valence-electron chi connectivity index (χ3n) is 3.13. The molecule has 1 aromatic carbocycles. The van der Waals surface area contributed by atoms with Crippen LogP contribution in [0, 0.1) is 5.82 Å². The topological polar surface area (TPSA) is 21.3 Å². The molecule has 0 amide bonds. The molecule has 1 aliphatic rings. The minimum Gasteiger partial charge on any atom is -0.488 e. The molecule has 0 aliphatic heterocycles. The molecule has 0 unspecified atom stereocenters. The molecule has 0 saturated heterocycles. The van der Waals surface area contributed by atoms with Gasteiger partial charge in [-0.15, -0.1) is 11.3 Å². The smallest absolute Gasteiger partial charge is 0.141 e. The molecule has 3 rings (SSSR count). The number of halogens is 2. The van der Waals surface area contributed by atoms with Gasteiger partial charge in [-0.1, -0.05) is 0 Å². The number of thiophene rings is 1. The Morgan fingerprint density at radius 3 is 2.80 bits per heavy atom. The van der Waals surface area contributed by atoms with Crippen molar-refractivity contribution in [3.05, 3.63) is 50.4 Å². The van der Waals surface area contributed by atoms with Gasteiger partial charge in [0.1, 0.15) is 18.2 Å². The maximum absolute atomic E-state index is 13.4. The Balaban J connectivity index is 1.53. The van der Waals surface area contributed by atoms with E-state index in [1.807, 2.05) is 0 Å². The lowest BCUT2D eigenvalue weighted by Gasteiger charge is -2.05. The minimum atomic E-state index is -0.303. The molecule has 0 radical (unpaired) electrons. The lowest BCUT2D eigenvalue weighted by atomic mass is 10.3. The molecule has 1 fully saturated rings. The van der Waals surface area contributed by atoms with Gasteiger partial charge in [-0.05, 0) is 53.0 Å². The summed E-state index contributed by atoms with van der Waals surface area (Å²) in [6, 6.07) is 9.74. The van der Waals surface area contributed by atoms with Crippen molar-refractivity contribution >= 4 is 27.3 Å². The van der Waals surface area contributed by atoms with Crippen molar-refractivity contribution in [1.29, 1.82) is 0 Å². The molecule has 5 heteroatoms. The largest absolute Gasteiger partial charge is 0.488 e. The third-order valence-corrected chi connectivity index (χ3v) is 4.83. The van der Waals surface area contributed by atoms with E-state index in [9.17, 15) is 4.39 Å². The summed E-state index contributed by atoms with van der Waals surface area (Å²) in [6.07, 6.45) is 2.60. The van der Waals surface area contributed by atoms with Crippen molar-refractivity contribution < 1.29 is 9.13 Å². The van der Waals surface area contributed by atoms with Crippen molar-refractivity contribution in [2.24, 2.45) is 0 Å². The third kappa shape index (κ3) is 3.81. The maximum Gasteiger partial charge on any atom is 0.141 e. The van der Waals surface area contributed by atoms with E-state index in [0.29, 0.717) is 16.8 Å². The quantitative estimate of drug-likeness (QED) is 0.824. The predicted molar refractivity (Wildman–Crippen MR) is 82.6 cm³/mol. The summed E-state index contributed by atoms with van der Waals surface area (Å²) < 4.78 is 19.4. The summed E-state index contributed by atoms with van der Waals surface area (Å²) in [6.45, 7) is 1.41. The van der Waals surface area contributed by atoms with Crippen molar-refractivity contribution in [1.82, 2.24) is 5.32 Å². The van der Waals surface area contributed by atoms with E-state index < -0.39 is 0 Å². The first-order valence-corrected chi connectivity index (χ1v) is 8.20. The molecule has 106 valence electrons. The summed E-state index contributed by atoms with van der Waals surface area (Å²) in [7, 11) is 0. The van der Waals surface area contributed by atoms with E-state index in [2.05, 4.69) is 33.4 Å². The molecule has 2 nitrogen and oxygen atoms in total. The summed E-state index contributed by atoms with van der Waals surface area (Å²) in [5.74, 6) is 0.250. The number of hydrogen-bond acceptors (Lipinski definition) is 3. The van der Waals surface area contributed by atoms with Gasteiger partial charge in [-0.2, -0.15) is 0 Å². The molecule has 0 atom stereocenters. The van der Waals surface area contributed by atoms with E-state index in [-0.39, 0.29) is 5.82 Å². The summed E-state index contributed by atoms with van der Waals surface area (Å²) in [4.78, 5) is 2.47. The van der Waals surface area contributed by atoms with Crippen LogP contribution in [0.3, 0.4) is 0 Å². The first kappa shape index (κ1) is 14.0. The number of ether oxygens (including phenoxy) is 1. The van der Waals surface area contributed by atoms with Crippen LogP contribution < -0.4 is 10.1 Å². The van der Waals surface area contributed by atoms with Crippen molar-refractivity contribution in [2.45, 2.75) is 32.0 Å². The van der Waals surface area contributed by atoms with Gasteiger partial charge in [-0.3, -0.25) is 0 Å². The molecular weight excluding hydrogens is 341 g/mol. The van der Waals surface area contributed by atoms with Crippen LogP contribution in [0.1, 0.15) is 22.6 Å². The van der Waals surface area contributed by atoms with Gasteiger partial charge < -0.3 is 10.1 Å². The number of benzene rings is 1. The van der Waals surface area contributed by atoms with Gasteiger partial charge in [0.15, 0.2) is 0 Å². The zero-order chi connectivity index (χ0) is 13.9. The zero-order valence-corrected chi connectivity index (χ0v) is 13.3. The van der Waals surface area contributed by atoms with Crippen LogP contribution in [0.4, 0.5) is 4.39 Å². The van der Waals surface area contributed by atoms with Crippen LogP contribution in [0.25, 0.3) is 0 Å². The Labute approximate surface area is 130 Å². The Hall–Kier alpha value is -0.910. The van der Waals surface area contributed by atoms with Gasteiger partial charge in [0.2, 0.25) is 0 Å². The molecule has 1 saturated carbocycles. The van der Waals surface area contributed by atoms with Crippen LogP contribution in [0.15, 0.2) is 34.8 Å². The molecule has 1 aromatic heterocycles.